The first kappa shape index (κ1) is 13.8. The number of carbonyl (C=O) groups is 3. The molecular formula is C12H14N4O4. The third-order valence-electron chi connectivity index (χ3n) is 2.88. The van der Waals surface area contributed by atoms with Crippen LogP contribution in [0.4, 0.5) is 4.79 Å². The number of pyridine rings is 1. The van der Waals surface area contributed by atoms with Crippen molar-refractivity contribution in [2.45, 2.75) is 12.6 Å². The number of aliphatic carboxylic acids is 1. The molecular weight excluding hydrogens is 264 g/mol. The zero-order chi connectivity index (χ0) is 14.5. The van der Waals surface area contributed by atoms with Crippen LogP contribution in [0.25, 0.3) is 0 Å². The quantitative estimate of drug-likeness (QED) is 0.668. The highest BCUT2D eigenvalue weighted by Gasteiger charge is 2.35. The smallest absolute Gasteiger partial charge is 0.328 e. The van der Waals surface area contributed by atoms with Crippen molar-refractivity contribution in [2.75, 3.05) is 13.1 Å². The summed E-state index contributed by atoms with van der Waals surface area (Å²) in [7, 11) is 0. The maximum Gasteiger partial charge on any atom is 0.328 e. The lowest BCUT2D eigenvalue weighted by molar-refractivity contribution is -0.144. The van der Waals surface area contributed by atoms with Crippen molar-refractivity contribution in [3.63, 3.8) is 0 Å². The molecule has 1 aliphatic rings. The maximum absolute atomic E-state index is 12.0. The monoisotopic (exact) mass is 278 g/mol. The highest BCUT2D eigenvalue weighted by Crippen LogP contribution is 2.05. The summed E-state index contributed by atoms with van der Waals surface area (Å²) in [4.78, 5) is 39.4. The number of hydrogen-bond acceptors (Lipinski definition) is 4. The Hall–Kier alpha value is -2.64. The van der Waals surface area contributed by atoms with E-state index in [1.165, 1.54) is 0 Å². The molecule has 0 aromatic carbocycles. The van der Waals surface area contributed by atoms with Crippen molar-refractivity contribution in [3.05, 3.63) is 30.1 Å². The molecule has 3 amide bonds. The van der Waals surface area contributed by atoms with E-state index in [0.29, 0.717) is 5.69 Å². The van der Waals surface area contributed by atoms with Crippen LogP contribution in [-0.4, -0.2) is 52.0 Å². The van der Waals surface area contributed by atoms with E-state index in [1.807, 2.05) is 0 Å². The van der Waals surface area contributed by atoms with E-state index in [4.69, 9.17) is 5.11 Å². The fourth-order valence-electron chi connectivity index (χ4n) is 1.85. The largest absolute Gasteiger partial charge is 0.480 e. The summed E-state index contributed by atoms with van der Waals surface area (Å²) in [5.74, 6) is -1.53. The van der Waals surface area contributed by atoms with E-state index in [2.05, 4.69) is 15.6 Å². The number of urea groups is 1. The van der Waals surface area contributed by atoms with Gasteiger partial charge in [-0.3, -0.25) is 14.7 Å². The summed E-state index contributed by atoms with van der Waals surface area (Å²) < 4.78 is 0. The van der Waals surface area contributed by atoms with Gasteiger partial charge in [0.15, 0.2) is 0 Å². The van der Waals surface area contributed by atoms with E-state index in [0.717, 1.165) is 4.90 Å². The Morgan fingerprint density at radius 3 is 2.95 bits per heavy atom. The number of amides is 3. The van der Waals surface area contributed by atoms with Gasteiger partial charge in [-0.05, 0) is 12.1 Å². The topological polar surface area (TPSA) is 112 Å². The Morgan fingerprint density at radius 2 is 2.30 bits per heavy atom. The number of piperazine rings is 1. The predicted molar refractivity (Wildman–Crippen MR) is 67.6 cm³/mol. The lowest BCUT2D eigenvalue weighted by Gasteiger charge is -2.32. The van der Waals surface area contributed by atoms with E-state index in [-0.39, 0.29) is 25.5 Å². The molecule has 2 rings (SSSR count). The second-order valence-corrected chi connectivity index (χ2v) is 4.27. The Bertz CT molecular complexity index is 519. The molecule has 2 heterocycles. The van der Waals surface area contributed by atoms with Crippen LogP contribution in [0.3, 0.4) is 0 Å². The fraction of sp³-hybridized carbons (Fsp3) is 0.333. The highest BCUT2D eigenvalue weighted by atomic mass is 16.4. The van der Waals surface area contributed by atoms with Gasteiger partial charge in [-0.15, -0.1) is 0 Å². The molecule has 1 unspecified atom stereocenters. The fourth-order valence-corrected chi connectivity index (χ4v) is 1.85. The van der Waals surface area contributed by atoms with E-state index in [1.54, 1.807) is 24.4 Å². The molecule has 1 atom stereocenters. The van der Waals surface area contributed by atoms with Crippen LogP contribution in [0.1, 0.15) is 5.69 Å². The number of carboxylic acid groups (broad SMARTS) is 1. The highest BCUT2D eigenvalue weighted by molar-refractivity contribution is 5.90. The molecule has 3 N–H and O–H groups in total. The van der Waals surface area contributed by atoms with Gasteiger partial charge in [-0.2, -0.15) is 0 Å². The zero-order valence-corrected chi connectivity index (χ0v) is 10.6. The van der Waals surface area contributed by atoms with E-state index >= 15 is 0 Å². The molecule has 0 saturated carbocycles. The third-order valence-corrected chi connectivity index (χ3v) is 2.88. The van der Waals surface area contributed by atoms with Crippen molar-refractivity contribution < 1.29 is 19.5 Å². The maximum atomic E-state index is 12.0. The normalized spacial score (nSPS) is 18.3. The summed E-state index contributed by atoms with van der Waals surface area (Å²) in [6.07, 6.45) is 1.59. The van der Waals surface area contributed by atoms with Crippen LogP contribution in [0.2, 0.25) is 0 Å². The van der Waals surface area contributed by atoms with E-state index in [9.17, 15) is 14.4 Å². The van der Waals surface area contributed by atoms with Crippen LogP contribution in [0.15, 0.2) is 24.4 Å². The van der Waals surface area contributed by atoms with Gasteiger partial charge in [0, 0.05) is 12.7 Å². The van der Waals surface area contributed by atoms with Gasteiger partial charge < -0.3 is 15.7 Å². The van der Waals surface area contributed by atoms with Crippen molar-refractivity contribution in [1.29, 1.82) is 0 Å². The lowest BCUT2D eigenvalue weighted by atomic mass is 10.2. The number of nitrogens with zero attached hydrogens (tertiary/aromatic N) is 2. The number of hydrogen-bond donors (Lipinski definition) is 3. The molecule has 106 valence electrons. The van der Waals surface area contributed by atoms with Gasteiger partial charge in [-0.1, -0.05) is 6.07 Å². The SMILES string of the molecule is O=C1CN(C(=O)NCc2ccccn2)C(C(=O)O)CN1. The first-order chi connectivity index (χ1) is 9.58. The summed E-state index contributed by atoms with van der Waals surface area (Å²) in [6.45, 7) is -0.194. The molecule has 1 aromatic rings. The Morgan fingerprint density at radius 1 is 1.50 bits per heavy atom. The summed E-state index contributed by atoms with van der Waals surface area (Å²) in [6, 6.07) is 3.61. The predicted octanol–water partition coefficient (Wildman–Crippen LogP) is -0.824. The molecule has 1 aliphatic heterocycles. The number of nitrogens with one attached hydrogen (secondary N) is 2. The first-order valence-corrected chi connectivity index (χ1v) is 6.02. The summed E-state index contributed by atoms with van der Waals surface area (Å²) in [5.41, 5.74) is 0.647. The molecule has 0 aliphatic carbocycles. The van der Waals surface area contributed by atoms with Crippen molar-refractivity contribution in [3.8, 4) is 0 Å². The van der Waals surface area contributed by atoms with Crippen molar-refractivity contribution in [1.82, 2.24) is 20.5 Å². The van der Waals surface area contributed by atoms with Crippen LogP contribution in [0.5, 0.6) is 0 Å². The van der Waals surface area contributed by atoms with Gasteiger partial charge in [-0.25, -0.2) is 9.59 Å². The van der Waals surface area contributed by atoms with Crippen LogP contribution < -0.4 is 10.6 Å². The minimum absolute atomic E-state index is 0.0921. The number of aromatic nitrogens is 1. The average Bonchev–Trinajstić information content (AvgIpc) is 2.45. The minimum Gasteiger partial charge on any atom is -0.480 e. The van der Waals surface area contributed by atoms with Gasteiger partial charge in [0.1, 0.15) is 12.6 Å². The van der Waals surface area contributed by atoms with E-state index < -0.39 is 18.0 Å². The van der Waals surface area contributed by atoms with Gasteiger partial charge >= 0.3 is 12.0 Å². The van der Waals surface area contributed by atoms with Crippen molar-refractivity contribution >= 4 is 17.9 Å². The number of rotatable bonds is 3. The molecule has 1 fully saturated rings. The van der Waals surface area contributed by atoms with Gasteiger partial charge in [0.25, 0.3) is 0 Å². The molecule has 0 radical (unpaired) electrons. The standard InChI is InChI=1S/C12H14N4O4/c17-10-7-16(9(6-14-10)11(18)19)12(20)15-5-8-3-1-2-4-13-8/h1-4,9H,5-7H2,(H,14,17)(H,15,20)(H,18,19). The van der Waals surface area contributed by atoms with Gasteiger partial charge in [0.2, 0.25) is 5.91 Å². The van der Waals surface area contributed by atoms with Crippen molar-refractivity contribution in [2.24, 2.45) is 0 Å². The molecule has 8 heteroatoms. The molecule has 8 nitrogen and oxygen atoms in total. The Kier molecular flexibility index (Phi) is 4.14. The lowest BCUT2D eigenvalue weighted by Crippen LogP contribution is -2.61. The second-order valence-electron chi connectivity index (χ2n) is 4.27. The molecule has 1 aromatic heterocycles. The molecule has 20 heavy (non-hydrogen) atoms. The Labute approximate surface area is 114 Å². The third kappa shape index (κ3) is 3.22. The minimum atomic E-state index is -1.15. The second kappa shape index (κ2) is 6.00. The van der Waals surface area contributed by atoms with Gasteiger partial charge in [0.05, 0.1) is 12.2 Å². The number of carbonyl (C=O) groups excluding carboxylic acids is 2. The average molecular weight is 278 g/mol. The molecule has 0 spiro atoms. The first-order valence-electron chi connectivity index (χ1n) is 6.02. The summed E-state index contributed by atoms with van der Waals surface area (Å²) >= 11 is 0. The van der Waals surface area contributed by atoms with Crippen LogP contribution in [-0.2, 0) is 16.1 Å². The zero-order valence-electron chi connectivity index (χ0n) is 10.6. The molecule has 1 saturated heterocycles. The Balaban J connectivity index is 1.98. The molecule has 0 bridgehead atoms. The summed E-state index contributed by atoms with van der Waals surface area (Å²) in [5, 5.41) is 14.0. The van der Waals surface area contributed by atoms with Crippen LogP contribution in [0, 0.1) is 0 Å². The number of carboxylic acids is 1. The van der Waals surface area contributed by atoms with Crippen LogP contribution >= 0.6 is 0 Å².